The van der Waals surface area contributed by atoms with Gasteiger partial charge >= 0.3 is 0 Å². The first-order valence-corrected chi connectivity index (χ1v) is 10.3. The van der Waals surface area contributed by atoms with Crippen LogP contribution in [-0.4, -0.2) is 22.4 Å². The Morgan fingerprint density at radius 3 is 2.30 bits per heavy atom. The summed E-state index contributed by atoms with van der Waals surface area (Å²) < 4.78 is 0. The van der Waals surface area contributed by atoms with Gasteiger partial charge < -0.3 is 10.2 Å². The molecule has 0 bridgehead atoms. The molecule has 0 saturated heterocycles. The molecular weight excluding hydrogens is 284 g/mol. The molecule has 2 nitrogen and oxygen atoms in total. The van der Waals surface area contributed by atoms with Crippen molar-refractivity contribution in [2.75, 3.05) is 0 Å². The molecule has 0 radical (unpaired) electrons. The second-order valence-electron chi connectivity index (χ2n) is 10.9. The molecule has 6 aliphatic carbocycles. The summed E-state index contributed by atoms with van der Waals surface area (Å²) in [4.78, 5) is 0. The van der Waals surface area contributed by atoms with Crippen LogP contribution in [0.3, 0.4) is 0 Å². The van der Waals surface area contributed by atoms with Gasteiger partial charge in [-0.05, 0) is 103 Å². The summed E-state index contributed by atoms with van der Waals surface area (Å²) in [6.45, 7) is 5.02. The van der Waals surface area contributed by atoms with Gasteiger partial charge in [0, 0.05) is 0 Å². The third-order valence-corrected chi connectivity index (χ3v) is 10.2. The molecule has 0 aromatic rings. The lowest BCUT2D eigenvalue weighted by Crippen LogP contribution is -2.56. The van der Waals surface area contributed by atoms with Crippen LogP contribution in [0.1, 0.15) is 58.8 Å². The first-order valence-electron chi connectivity index (χ1n) is 10.3. The van der Waals surface area contributed by atoms with E-state index >= 15 is 0 Å². The number of hydrogen-bond donors (Lipinski definition) is 2. The molecule has 6 rings (SSSR count). The van der Waals surface area contributed by atoms with Gasteiger partial charge in [0.2, 0.25) is 0 Å². The van der Waals surface area contributed by atoms with Crippen LogP contribution in [0.2, 0.25) is 0 Å². The summed E-state index contributed by atoms with van der Waals surface area (Å²) in [6.07, 6.45) is 8.70. The van der Waals surface area contributed by atoms with Gasteiger partial charge in [0.1, 0.15) is 0 Å². The molecule has 0 aromatic heterocycles. The standard InChI is InChI=1S/C21H32O2/c1-20-5-3-10(22)7-16(20)11-8-12(11)17-15(20)4-6-21(2)18(17)13-9-14(13)19(21)23/h10-19,22-23H,3-9H2,1-2H3. The Morgan fingerprint density at radius 2 is 1.48 bits per heavy atom. The van der Waals surface area contributed by atoms with Crippen LogP contribution in [0.25, 0.3) is 0 Å². The maximum Gasteiger partial charge on any atom is 0.0627 e. The van der Waals surface area contributed by atoms with Crippen molar-refractivity contribution < 1.29 is 10.2 Å². The van der Waals surface area contributed by atoms with E-state index in [-0.39, 0.29) is 17.6 Å². The topological polar surface area (TPSA) is 40.5 Å². The maximum atomic E-state index is 10.9. The second-order valence-corrected chi connectivity index (χ2v) is 10.9. The summed E-state index contributed by atoms with van der Waals surface area (Å²) in [5.41, 5.74) is 0.722. The van der Waals surface area contributed by atoms with Crippen LogP contribution in [0.5, 0.6) is 0 Å². The summed E-state index contributed by atoms with van der Waals surface area (Å²) in [5.74, 6) is 6.77. The molecule has 0 spiro atoms. The van der Waals surface area contributed by atoms with Crippen LogP contribution in [-0.2, 0) is 0 Å². The maximum absolute atomic E-state index is 10.9. The van der Waals surface area contributed by atoms with E-state index in [2.05, 4.69) is 13.8 Å². The van der Waals surface area contributed by atoms with Gasteiger partial charge in [-0.15, -0.1) is 0 Å². The monoisotopic (exact) mass is 316 g/mol. The van der Waals surface area contributed by atoms with Crippen LogP contribution < -0.4 is 0 Å². The lowest BCUT2D eigenvalue weighted by molar-refractivity contribution is -0.147. The van der Waals surface area contributed by atoms with Crippen molar-refractivity contribution in [2.45, 2.75) is 71.0 Å². The Kier molecular flexibility index (Phi) is 2.46. The third kappa shape index (κ3) is 1.51. The predicted molar refractivity (Wildman–Crippen MR) is 88.5 cm³/mol. The first kappa shape index (κ1) is 14.1. The molecule has 0 aliphatic heterocycles. The number of aliphatic hydroxyl groups is 2. The summed E-state index contributed by atoms with van der Waals surface area (Å²) in [6, 6.07) is 0. The van der Waals surface area contributed by atoms with E-state index in [0.717, 1.165) is 54.3 Å². The Bertz CT molecular complexity index is 560. The number of rotatable bonds is 0. The molecule has 6 fully saturated rings. The zero-order chi connectivity index (χ0) is 15.7. The van der Waals surface area contributed by atoms with Crippen molar-refractivity contribution in [3.05, 3.63) is 0 Å². The van der Waals surface area contributed by atoms with Gasteiger partial charge in [0.15, 0.2) is 0 Å². The Labute approximate surface area is 140 Å². The highest BCUT2D eigenvalue weighted by Gasteiger charge is 2.74. The molecule has 2 N–H and O–H groups in total. The molecule has 6 saturated carbocycles. The number of fused-ring (bicyclic) bond motifs is 10. The SMILES string of the molecule is CC12CCC(O)CC1C1CC1C1C2CCC2(C)C(O)C3CC3C12. The van der Waals surface area contributed by atoms with Gasteiger partial charge in [-0.2, -0.15) is 0 Å². The Hall–Kier alpha value is -0.0800. The van der Waals surface area contributed by atoms with Crippen molar-refractivity contribution in [1.82, 2.24) is 0 Å². The highest BCUT2D eigenvalue weighted by Crippen LogP contribution is 2.78. The predicted octanol–water partition coefficient (Wildman–Crippen LogP) is 3.46. The van der Waals surface area contributed by atoms with Crippen LogP contribution in [0.4, 0.5) is 0 Å². The van der Waals surface area contributed by atoms with Crippen LogP contribution in [0.15, 0.2) is 0 Å². The van der Waals surface area contributed by atoms with Gasteiger partial charge in [-0.1, -0.05) is 13.8 Å². The van der Waals surface area contributed by atoms with E-state index in [9.17, 15) is 10.2 Å². The van der Waals surface area contributed by atoms with E-state index in [1.165, 1.54) is 32.1 Å². The van der Waals surface area contributed by atoms with Crippen molar-refractivity contribution in [2.24, 2.45) is 58.2 Å². The minimum absolute atomic E-state index is 0.00522. The quantitative estimate of drug-likeness (QED) is 0.718. The first-order chi connectivity index (χ1) is 10.9. The normalized spacial score (nSPS) is 71.5. The van der Waals surface area contributed by atoms with Crippen molar-refractivity contribution in [3.63, 3.8) is 0 Å². The highest BCUT2D eigenvalue weighted by atomic mass is 16.3. The smallest absolute Gasteiger partial charge is 0.0627 e. The van der Waals surface area contributed by atoms with Crippen molar-refractivity contribution >= 4 is 0 Å². The average Bonchev–Trinajstić information content (AvgIpc) is 3.40. The van der Waals surface area contributed by atoms with E-state index in [0.29, 0.717) is 11.3 Å². The second kappa shape index (κ2) is 4.01. The molecule has 0 amide bonds. The summed E-state index contributed by atoms with van der Waals surface area (Å²) in [5, 5.41) is 21.1. The minimum Gasteiger partial charge on any atom is -0.393 e. The molecule has 23 heavy (non-hydrogen) atoms. The number of aliphatic hydroxyl groups excluding tert-OH is 2. The molecule has 128 valence electrons. The molecule has 2 heteroatoms. The van der Waals surface area contributed by atoms with E-state index in [1.54, 1.807) is 0 Å². The summed E-state index contributed by atoms with van der Waals surface area (Å²) in [7, 11) is 0. The van der Waals surface area contributed by atoms with Gasteiger partial charge in [0.25, 0.3) is 0 Å². The molecule has 12 unspecified atom stereocenters. The Balaban J connectivity index is 1.41. The lowest BCUT2D eigenvalue weighted by Gasteiger charge is -2.61. The van der Waals surface area contributed by atoms with Gasteiger partial charge in [-0.3, -0.25) is 0 Å². The van der Waals surface area contributed by atoms with Crippen molar-refractivity contribution in [3.8, 4) is 0 Å². The average molecular weight is 316 g/mol. The molecular formula is C21H32O2. The van der Waals surface area contributed by atoms with E-state index < -0.39 is 0 Å². The fourth-order valence-corrected chi connectivity index (χ4v) is 9.08. The zero-order valence-corrected chi connectivity index (χ0v) is 14.6. The fraction of sp³-hybridized carbons (Fsp3) is 1.00. The van der Waals surface area contributed by atoms with Crippen LogP contribution in [0, 0.1) is 58.2 Å². The third-order valence-electron chi connectivity index (χ3n) is 10.2. The van der Waals surface area contributed by atoms with E-state index in [4.69, 9.17) is 0 Å². The Morgan fingerprint density at radius 1 is 0.739 bits per heavy atom. The molecule has 0 heterocycles. The fourth-order valence-electron chi connectivity index (χ4n) is 9.08. The van der Waals surface area contributed by atoms with E-state index in [1.807, 2.05) is 0 Å². The lowest BCUT2D eigenvalue weighted by atomic mass is 9.44. The van der Waals surface area contributed by atoms with Gasteiger partial charge in [-0.25, -0.2) is 0 Å². The summed E-state index contributed by atoms with van der Waals surface area (Å²) >= 11 is 0. The molecule has 12 atom stereocenters. The van der Waals surface area contributed by atoms with Gasteiger partial charge in [0.05, 0.1) is 12.2 Å². The van der Waals surface area contributed by atoms with Crippen LogP contribution >= 0.6 is 0 Å². The highest BCUT2D eigenvalue weighted by molar-refractivity contribution is 5.23. The minimum atomic E-state index is -0.0270. The molecule has 6 aliphatic rings. The van der Waals surface area contributed by atoms with Crippen molar-refractivity contribution in [1.29, 1.82) is 0 Å². The largest absolute Gasteiger partial charge is 0.393 e. The zero-order valence-electron chi connectivity index (χ0n) is 14.6. The molecule has 0 aromatic carbocycles. The number of hydrogen-bond acceptors (Lipinski definition) is 2.